The van der Waals surface area contributed by atoms with Crippen molar-refractivity contribution < 1.29 is 9.53 Å². The Morgan fingerprint density at radius 1 is 1.30 bits per heavy atom. The van der Waals surface area contributed by atoms with Crippen LogP contribution in [0.15, 0.2) is 23.9 Å². The Morgan fingerprint density at radius 3 is 2.96 bits per heavy atom. The summed E-state index contributed by atoms with van der Waals surface area (Å²) in [6, 6.07) is 1.67. The fourth-order valence-electron chi connectivity index (χ4n) is 2.96. The highest BCUT2D eigenvalue weighted by atomic mass is 16.5. The Hall–Kier alpha value is -1.95. The molecule has 0 bridgehead atoms. The number of hydrogen-bond donors (Lipinski definition) is 1. The van der Waals surface area contributed by atoms with Gasteiger partial charge in [0.15, 0.2) is 0 Å². The summed E-state index contributed by atoms with van der Waals surface area (Å²) in [4.78, 5) is 22.8. The van der Waals surface area contributed by atoms with Crippen LogP contribution in [0.5, 0.6) is 0 Å². The molecule has 1 fully saturated rings. The van der Waals surface area contributed by atoms with Crippen molar-refractivity contribution in [3.8, 4) is 0 Å². The predicted molar refractivity (Wildman–Crippen MR) is 88.4 cm³/mol. The first kappa shape index (κ1) is 15.9. The van der Waals surface area contributed by atoms with Crippen LogP contribution < -0.4 is 5.32 Å². The first-order valence-corrected chi connectivity index (χ1v) is 8.45. The summed E-state index contributed by atoms with van der Waals surface area (Å²) < 4.78 is 5.28. The molecule has 23 heavy (non-hydrogen) atoms. The molecule has 0 atom stereocenters. The first-order chi connectivity index (χ1) is 11.3. The van der Waals surface area contributed by atoms with E-state index in [2.05, 4.69) is 21.4 Å². The fraction of sp³-hybridized carbons (Fsp3) is 0.588. The van der Waals surface area contributed by atoms with Gasteiger partial charge in [0.1, 0.15) is 5.69 Å². The van der Waals surface area contributed by atoms with Gasteiger partial charge < -0.3 is 15.0 Å². The topological polar surface area (TPSA) is 67.4 Å². The van der Waals surface area contributed by atoms with Crippen LogP contribution in [0, 0.1) is 0 Å². The molecule has 1 N–H and O–H groups in total. The van der Waals surface area contributed by atoms with Gasteiger partial charge in [-0.15, -0.1) is 0 Å². The Balaban J connectivity index is 1.54. The monoisotopic (exact) mass is 316 g/mol. The third-order valence-corrected chi connectivity index (χ3v) is 4.29. The highest BCUT2D eigenvalue weighted by Crippen LogP contribution is 2.19. The summed E-state index contributed by atoms with van der Waals surface area (Å²) in [5.74, 6) is 0.481. The molecule has 2 heterocycles. The molecular weight excluding hydrogens is 292 g/mol. The minimum Gasteiger partial charge on any atom is -0.378 e. The van der Waals surface area contributed by atoms with Crippen LogP contribution in [-0.2, 0) is 4.74 Å². The van der Waals surface area contributed by atoms with Crippen molar-refractivity contribution >= 4 is 11.9 Å². The summed E-state index contributed by atoms with van der Waals surface area (Å²) in [6.07, 6.45) is 10.0. The highest BCUT2D eigenvalue weighted by molar-refractivity contribution is 5.92. The second-order valence-electron chi connectivity index (χ2n) is 5.95. The lowest BCUT2D eigenvalue weighted by atomic mass is 9.97. The van der Waals surface area contributed by atoms with Gasteiger partial charge >= 0.3 is 0 Å². The van der Waals surface area contributed by atoms with Crippen LogP contribution in [0.1, 0.15) is 42.6 Å². The minimum atomic E-state index is -0.0475. The van der Waals surface area contributed by atoms with Crippen molar-refractivity contribution in [3.05, 3.63) is 29.6 Å². The number of nitrogens with one attached hydrogen (secondary N) is 1. The minimum absolute atomic E-state index is 0.0475. The van der Waals surface area contributed by atoms with Gasteiger partial charge in [-0.2, -0.15) is 0 Å². The van der Waals surface area contributed by atoms with Crippen LogP contribution in [-0.4, -0.2) is 53.6 Å². The number of carbonyl (C=O) groups excluding carboxylic acids is 1. The maximum Gasteiger partial charge on any atom is 0.272 e. The van der Waals surface area contributed by atoms with E-state index in [1.165, 1.54) is 31.3 Å². The number of allylic oxidation sites excluding steroid dienone is 1. The molecule has 124 valence electrons. The van der Waals surface area contributed by atoms with E-state index in [1.54, 1.807) is 17.2 Å². The lowest BCUT2D eigenvalue weighted by Gasteiger charge is -2.26. The summed E-state index contributed by atoms with van der Waals surface area (Å²) >= 11 is 0. The molecule has 0 saturated carbocycles. The average Bonchev–Trinajstić information content (AvgIpc) is 2.63. The summed E-state index contributed by atoms with van der Waals surface area (Å²) in [5, 5.41) is 3.23. The van der Waals surface area contributed by atoms with E-state index in [9.17, 15) is 4.79 Å². The number of ether oxygens (including phenoxy) is 1. The van der Waals surface area contributed by atoms with E-state index in [4.69, 9.17) is 4.74 Å². The van der Waals surface area contributed by atoms with Crippen molar-refractivity contribution in [2.75, 3.05) is 38.2 Å². The van der Waals surface area contributed by atoms with Crippen molar-refractivity contribution in [3.63, 3.8) is 0 Å². The van der Waals surface area contributed by atoms with Gasteiger partial charge in [-0.1, -0.05) is 11.6 Å². The molecule has 0 radical (unpaired) electrons. The smallest absolute Gasteiger partial charge is 0.272 e. The molecule has 0 aromatic carbocycles. The second kappa shape index (κ2) is 8.06. The van der Waals surface area contributed by atoms with E-state index >= 15 is 0 Å². The average molecular weight is 316 g/mol. The van der Waals surface area contributed by atoms with Crippen molar-refractivity contribution in [1.82, 2.24) is 14.9 Å². The number of anilines is 1. The maximum atomic E-state index is 12.4. The van der Waals surface area contributed by atoms with E-state index in [0.717, 1.165) is 13.0 Å². The van der Waals surface area contributed by atoms with Gasteiger partial charge in [0.05, 0.1) is 13.2 Å². The van der Waals surface area contributed by atoms with Gasteiger partial charge in [0, 0.05) is 25.8 Å². The molecule has 0 unspecified atom stereocenters. The van der Waals surface area contributed by atoms with E-state index < -0.39 is 0 Å². The molecule has 6 nitrogen and oxygen atoms in total. The van der Waals surface area contributed by atoms with Gasteiger partial charge in [0.2, 0.25) is 5.95 Å². The van der Waals surface area contributed by atoms with E-state index in [0.29, 0.717) is 37.9 Å². The van der Waals surface area contributed by atoms with Crippen LogP contribution >= 0.6 is 0 Å². The van der Waals surface area contributed by atoms with Gasteiger partial charge in [-0.05, 0) is 38.2 Å². The lowest BCUT2D eigenvalue weighted by Crippen LogP contribution is -2.41. The van der Waals surface area contributed by atoms with Crippen molar-refractivity contribution in [1.29, 1.82) is 0 Å². The Morgan fingerprint density at radius 2 is 2.17 bits per heavy atom. The Bertz CT molecular complexity index is 567. The number of hydrogen-bond acceptors (Lipinski definition) is 5. The van der Waals surface area contributed by atoms with Gasteiger partial charge in [-0.3, -0.25) is 4.79 Å². The van der Waals surface area contributed by atoms with Crippen LogP contribution in [0.25, 0.3) is 0 Å². The zero-order chi connectivity index (χ0) is 15.9. The fourth-order valence-corrected chi connectivity index (χ4v) is 2.96. The molecular formula is C17H24N4O2. The molecule has 1 aliphatic heterocycles. The number of morpholine rings is 1. The molecule has 3 rings (SSSR count). The first-order valence-electron chi connectivity index (χ1n) is 8.45. The van der Waals surface area contributed by atoms with Crippen LogP contribution in [0.3, 0.4) is 0 Å². The molecule has 1 amide bonds. The SMILES string of the molecule is O=C(c1ccnc(NCCC2=CCCCC2)n1)N1CCOCC1. The standard InChI is InChI=1S/C17H24N4O2/c22-16(21-10-12-23-13-11-21)15-7-9-19-17(20-15)18-8-6-14-4-2-1-3-5-14/h4,7,9H,1-3,5-6,8,10-13H2,(H,18,19,20). The zero-order valence-corrected chi connectivity index (χ0v) is 13.5. The van der Waals surface area contributed by atoms with Crippen LogP contribution in [0.2, 0.25) is 0 Å². The molecule has 1 saturated heterocycles. The molecule has 6 heteroatoms. The van der Waals surface area contributed by atoms with Gasteiger partial charge in [0.25, 0.3) is 5.91 Å². The molecule has 1 aromatic rings. The van der Waals surface area contributed by atoms with Crippen molar-refractivity contribution in [2.24, 2.45) is 0 Å². The predicted octanol–water partition coefficient (Wildman–Crippen LogP) is 2.25. The highest BCUT2D eigenvalue weighted by Gasteiger charge is 2.19. The zero-order valence-electron chi connectivity index (χ0n) is 13.5. The van der Waals surface area contributed by atoms with E-state index in [1.807, 2.05) is 0 Å². The Kier molecular flexibility index (Phi) is 5.58. The quantitative estimate of drug-likeness (QED) is 0.844. The number of rotatable bonds is 5. The number of carbonyl (C=O) groups is 1. The van der Waals surface area contributed by atoms with Crippen LogP contribution in [0.4, 0.5) is 5.95 Å². The lowest BCUT2D eigenvalue weighted by molar-refractivity contribution is 0.0299. The van der Waals surface area contributed by atoms with Crippen molar-refractivity contribution in [2.45, 2.75) is 32.1 Å². The number of amides is 1. The number of aromatic nitrogens is 2. The largest absolute Gasteiger partial charge is 0.378 e. The Labute approximate surface area is 136 Å². The summed E-state index contributed by atoms with van der Waals surface area (Å²) in [6.45, 7) is 3.24. The molecule has 1 aliphatic carbocycles. The van der Waals surface area contributed by atoms with Gasteiger partial charge in [-0.25, -0.2) is 9.97 Å². The third-order valence-electron chi connectivity index (χ3n) is 4.29. The maximum absolute atomic E-state index is 12.4. The number of nitrogens with zero attached hydrogens (tertiary/aromatic N) is 3. The summed E-state index contributed by atoms with van der Waals surface area (Å²) in [7, 11) is 0. The molecule has 1 aromatic heterocycles. The normalized spacial score (nSPS) is 18.4. The second-order valence-corrected chi connectivity index (χ2v) is 5.95. The third kappa shape index (κ3) is 4.51. The molecule has 2 aliphatic rings. The molecule has 0 spiro atoms. The summed E-state index contributed by atoms with van der Waals surface area (Å²) in [5.41, 5.74) is 1.96. The van der Waals surface area contributed by atoms with E-state index in [-0.39, 0.29) is 5.91 Å².